The lowest BCUT2D eigenvalue weighted by atomic mass is 10.0. The van der Waals surface area contributed by atoms with E-state index in [1.54, 1.807) is 6.07 Å². The highest BCUT2D eigenvalue weighted by molar-refractivity contribution is 5.57. The van der Waals surface area contributed by atoms with Crippen LogP contribution in [0.5, 0.6) is 5.75 Å². The topological polar surface area (TPSA) is 32.3 Å². The van der Waals surface area contributed by atoms with Gasteiger partial charge in [0.2, 0.25) is 0 Å². The van der Waals surface area contributed by atoms with Crippen LogP contribution in [0.3, 0.4) is 0 Å². The lowest BCUT2D eigenvalue weighted by Gasteiger charge is -2.08. The number of likely N-dealkylation sites (N-methyl/N-ethyl adjacent to an activating group) is 1. The molecule has 14 heavy (non-hydrogen) atoms. The fraction of sp³-hybridized carbons (Fsp3) is 0.333. The van der Waals surface area contributed by atoms with E-state index in [2.05, 4.69) is 17.5 Å². The van der Waals surface area contributed by atoms with E-state index in [1.165, 1.54) is 5.56 Å². The van der Waals surface area contributed by atoms with Crippen molar-refractivity contribution in [2.45, 2.75) is 18.9 Å². The molecule has 1 atom stereocenters. The summed E-state index contributed by atoms with van der Waals surface area (Å²) in [5, 5.41) is 12.6. The van der Waals surface area contributed by atoms with Crippen molar-refractivity contribution < 1.29 is 5.11 Å². The Morgan fingerprint density at radius 1 is 1.43 bits per heavy atom. The number of phenols is 1. The van der Waals surface area contributed by atoms with Crippen molar-refractivity contribution in [2.75, 3.05) is 7.05 Å². The predicted molar refractivity (Wildman–Crippen MR) is 58.3 cm³/mol. The number of nitrogens with one attached hydrogen (secondary N) is 1. The first kappa shape index (κ1) is 9.28. The lowest BCUT2D eigenvalue weighted by Crippen LogP contribution is -2.22. The molecule has 0 saturated heterocycles. The van der Waals surface area contributed by atoms with Gasteiger partial charge in [0.05, 0.1) is 0 Å². The first-order chi connectivity index (χ1) is 6.79. The molecule has 1 aliphatic carbocycles. The smallest absolute Gasteiger partial charge is 0.116 e. The van der Waals surface area contributed by atoms with E-state index in [1.807, 2.05) is 19.2 Å². The maximum atomic E-state index is 9.35. The molecule has 0 aromatic heterocycles. The molecule has 0 radical (unpaired) electrons. The maximum Gasteiger partial charge on any atom is 0.116 e. The molecule has 1 aromatic carbocycles. The Morgan fingerprint density at radius 3 is 3.07 bits per heavy atom. The van der Waals surface area contributed by atoms with Crippen LogP contribution in [0.15, 0.2) is 24.3 Å². The fourth-order valence-corrected chi connectivity index (χ4v) is 1.83. The molecule has 2 rings (SSSR count). The highest BCUT2D eigenvalue weighted by Gasteiger charge is 2.09. The average molecular weight is 189 g/mol. The number of hydrogen-bond donors (Lipinski definition) is 2. The second-order valence-corrected chi connectivity index (χ2v) is 3.68. The van der Waals surface area contributed by atoms with Crippen LogP contribution in [0.2, 0.25) is 0 Å². The minimum atomic E-state index is 0.344. The predicted octanol–water partition coefficient (Wildman–Crippen LogP) is 1.94. The maximum absolute atomic E-state index is 9.35. The molecular weight excluding hydrogens is 174 g/mol. The first-order valence-corrected chi connectivity index (χ1v) is 4.97. The molecule has 0 saturated carbocycles. The number of rotatable bonds is 1. The van der Waals surface area contributed by atoms with Crippen LogP contribution in [0.4, 0.5) is 0 Å². The molecular formula is C12H15NO. The van der Waals surface area contributed by atoms with Gasteiger partial charge in [-0.3, -0.25) is 0 Å². The zero-order valence-electron chi connectivity index (χ0n) is 8.33. The summed E-state index contributed by atoms with van der Waals surface area (Å²) in [6, 6.07) is 6.04. The molecule has 0 amide bonds. The third kappa shape index (κ3) is 1.80. The van der Waals surface area contributed by atoms with E-state index in [0.29, 0.717) is 11.8 Å². The van der Waals surface area contributed by atoms with Gasteiger partial charge in [-0.15, -0.1) is 0 Å². The third-order valence-corrected chi connectivity index (χ3v) is 2.73. The molecule has 0 spiro atoms. The van der Waals surface area contributed by atoms with E-state index in [0.717, 1.165) is 18.4 Å². The Labute approximate surface area is 84.3 Å². The Kier molecular flexibility index (Phi) is 2.55. The van der Waals surface area contributed by atoms with Crippen molar-refractivity contribution in [2.24, 2.45) is 0 Å². The Bertz CT molecular complexity index is 357. The molecule has 1 unspecified atom stereocenters. The van der Waals surface area contributed by atoms with E-state index >= 15 is 0 Å². The lowest BCUT2D eigenvalue weighted by molar-refractivity contribution is 0.475. The molecule has 2 heteroatoms. The van der Waals surface area contributed by atoms with Crippen LogP contribution in [0, 0.1) is 0 Å². The largest absolute Gasteiger partial charge is 0.508 e. The molecule has 0 bridgehead atoms. The van der Waals surface area contributed by atoms with Crippen molar-refractivity contribution in [3.63, 3.8) is 0 Å². The molecule has 2 N–H and O–H groups in total. The van der Waals surface area contributed by atoms with Crippen molar-refractivity contribution >= 4 is 6.08 Å². The third-order valence-electron chi connectivity index (χ3n) is 2.73. The normalized spacial score (nSPS) is 20.2. The summed E-state index contributed by atoms with van der Waals surface area (Å²) in [5.41, 5.74) is 2.46. The molecule has 1 aliphatic rings. The summed E-state index contributed by atoms with van der Waals surface area (Å²) in [6.45, 7) is 0. The van der Waals surface area contributed by atoms with Gasteiger partial charge < -0.3 is 10.4 Å². The zero-order chi connectivity index (χ0) is 9.97. The van der Waals surface area contributed by atoms with Crippen LogP contribution < -0.4 is 5.32 Å². The molecule has 0 heterocycles. The average Bonchev–Trinajstić information content (AvgIpc) is 2.39. The summed E-state index contributed by atoms with van der Waals surface area (Å²) in [6.07, 6.45) is 6.42. The van der Waals surface area contributed by atoms with Gasteiger partial charge in [0, 0.05) is 6.04 Å². The Balaban J connectivity index is 2.32. The molecule has 2 nitrogen and oxygen atoms in total. The van der Waals surface area contributed by atoms with Gasteiger partial charge in [0.15, 0.2) is 0 Å². The molecule has 74 valence electrons. The molecule has 1 aromatic rings. The number of fused-ring (bicyclic) bond motifs is 1. The first-order valence-electron chi connectivity index (χ1n) is 4.97. The van der Waals surface area contributed by atoms with Gasteiger partial charge in [-0.05, 0) is 43.1 Å². The Hall–Kier alpha value is -1.28. The van der Waals surface area contributed by atoms with Crippen LogP contribution in [0.25, 0.3) is 6.08 Å². The van der Waals surface area contributed by atoms with Gasteiger partial charge in [-0.25, -0.2) is 0 Å². The number of aromatic hydroxyl groups is 1. The van der Waals surface area contributed by atoms with E-state index in [9.17, 15) is 5.11 Å². The number of aryl methyl sites for hydroxylation is 1. The van der Waals surface area contributed by atoms with E-state index < -0.39 is 0 Å². The van der Waals surface area contributed by atoms with Crippen LogP contribution in [-0.4, -0.2) is 18.2 Å². The minimum Gasteiger partial charge on any atom is -0.508 e. The van der Waals surface area contributed by atoms with Gasteiger partial charge in [-0.2, -0.15) is 0 Å². The Morgan fingerprint density at radius 2 is 2.29 bits per heavy atom. The van der Waals surface area contributed by atoms with Crippen LogP contribution >= 0.6 is 0 Å². The van der Waals surface area contributed by atoms with E-state index in [-0.39, 0.29) is 0 Å². The highest BCUT2D eigenvalue weighted by atomic mass is 16.3. The summed E-state index contributed by atoms with van der Waals surface area (Å²) in [5.74, 6) is 0.344. The summed E-state index contributed by atoms with van der Waals surface area (Å²) < 4.78 is 0. The van der Waals surface area contributed by atoms with Gasteiger partial charge in [0.25, 0.3) is 0 Å². The number of benzene rings is 1. The highest BCUT2D eigenvalue weighted by Crippen LogP contribution is 2.22. The van der Waals surface area contributed by atoms with Crippen molar-refractivity contribution in [3.05, 3.63) is 35.4 Å². The molecule has 0 aliphatic heterocycles. The zero-order valence-corrected chi connectivity index (χ0v) is 8.33. The van der Waals surface area contributed by atoms with Gasteiger partial charge >= 0.3 is 0 Å². The minimum absolute atomic E-state index is 0.344. The second kappa shape index (κ2) is 3.84. The van der Waals surface area contributed by atoms with Crippen LogP contribution in [-0.2, 0) is 6.42 Å². The SMILES string of the molecule is CNC1C=Cc2cc(O)ccc2CC1. The van der Waals surface area contributed by atoms with Crippen molar-refractivity contribution in [1.82, 2.24) is 5.32 Å². The van der Waals surface area contributed by atoms with Crippen LogP contribution in [0.1, 0.15) is 17.5 Å². The summed E-state index contributed by atoms with van der Waals surface area (Å²) in [4.78, 5) is 0. The number of hydrogen-bond acceptors (Lipinski definition) is 2. The monoisotopic (exact) mass is 189 g/mol. The standard InChI is InChI=1S/C12H15NO/c1-13-11-5-2-9-4-7-12(14)8-10(9)3-6-11/h3-4,6-8,11,13-14H,2,5H2,1H3. The van der Waals surface area contributed by atoms with Crippen molar-refractivity contribution in [3.8, 4) is 5.75 Å². The quantitative estimate of drug-likeness (QED) is 0.707. The fourth-order valence-electron chi connectivity index (χ4n) is 1.83. The van der Waals surface area contributed by atoms with Crippen molar-refractivity contribution in [1.29, 1.82) is 0 Å². The molecule has 0 fully saturated rings. The second-order valence-electron chi connectivity index (χ2n) is 3.68. The summed E-state index contributed by atoms with van der Waals surface area (Å²) >= 11 is 0. The summed E-state index contributed by atoms with van der Waals surface area (Å²) in [7, 11) is 1.97. The van der Waals surface area contributed by atoms with E-state index in [4.69, 9.17) is 0 Å². The number of phenolic OH excluding ortho intramolecular Hbond substituents is 1. The van der Waals surface area contributed by atoms with Gasteiger partial charge in [0.1, 0.15) is 5.75 Å². The van der Waals surface area contributed by atoms with Gasteiger partial charge in [-0.1, -0.05) is 18.2 Å².